The fourth-order valence-electron chi connectivity index (χ4n) is 1.73. The quantitative estimate of drug-likeness (QED) is 0.552. The second-order valence-corrected chi connectivity index (χ2v) is 6.28. The van der Waals surface area contributed by atoms with Crippen LogP contribution >= 0.6 is 7.37 Å². The zero-order valence-electron chi connectivity index (χ0n) is 9.15. The highest BCUT2D eigenvalue weighted by atomic mass is 31.2. The van der Waals surface area contributed by atoms with Crippen molar-refractivity contribution in [1.29, 1.82) is 0 Å². The van der Waals surface area contributed by atoms with Crippen LogP contribution in [0.5, 0.6) is 0 Å². The van der Waals surface area contributed by atoms with E-state index in [1.807, 2.05) is 0 Å². The molecule has 0 radical (unpaired) electrons. The first-order valence-corrected chi connectivity index (χ1v) is 7.01. The highest BCUT2D eigenvalue weighted by Crippen LogP contribution is 2.42. The van der Waals surface area contributed by atoms with Gasteiger partial charge in [-0.1, -0.05) is 0 Å². The molecule has 1 aliphatic heterocycles. The summed E-state index contributed by atoms with van der Waals surface area (Å²) in [5.41, 5.74) is 0. The SMILES string of the molecule is O=C(O)CN1CCN(CC(=O)O)CP(=O)(O)C1. The number of carboxylic acid groups (broad SMARTS) is 2. The summed E-state index contributed by atoms with van der Waals surface area (Å²) in [6.07, 6.45) is -0.426. The van der Waals surface area contributed by atoms with Gasteiger partial charge >= 0.3 is 11.9 Å². The van der Waals surface area contributed by atoms with E-state index in [9.17, 15) is 19.0 Å². The van der Waals surface area contributed by atoms with Crippen molar-refractivity contribution in [2.75, 3.05) is 38.8 Å². The maximum absolute atomic E-state index is 11.7. The minimum Gasteiger partial charge on any atom is -0.480 e. The van der Waals surface area contributed by atoms with Crippen LogP contribution in [0, 0.1) is 0 Å². The van der Waals surface area contributed by atoms with Gasteiger partial charge in [-0.3, -0.25) is 24.0 Å². The van der Waals surface area contributed by atoms with E-state index >= 15 is 0 Å². The molecular weight excluding hydrogens is 251 g/mol. The fourth-order valence-corrected chi connectivity index (χ4v) is 3.56. The van der Waals surface area contributed by atoms with Crippen LogP contribution in [0.2, 0.25) is 0 Å². The van der Waals surface area contributed by atoms with Gasteiger partial charge < -0.3 is 15.1 Å². The van der Waals surface area contributed by atoms with E-state index < -0.39 is 19.3 Å². The average molecular weight is 266 g/mol. The molecule has 0 unspecified atom stereocenters. The summed E-state index contributed by atoms with van der Waals surface area (Å²) in [6, 6.07) is 0. The number of carboxylic acids is 2. The molecule has 0 aromatic rings. The lowest BCUT2D eigenvalue weighted by molar-refractivity contribution is -0.139. The number of hydrogen-bond donors (Lipinski definition) is 3. The maximum atomic E-state index is 11.7. The first-order chi connectivity index (χ1) is 7.78. The Labute approximate surface area is 97.9 Å². The molecule has 0 aliphatic carbocycles. The molecular formula is C8H15N2O6P. The van der Waals surface area contributed by atoms with Crippen LogP contribution in [0.4, 0.5) is 0 Å². The van der Waals surface area contributed by atoms with Crippen molar-refractivity contribution < 1.29 is 29.3 Å². The molecule has 98 valence electrons. The van der Waals surface area contributed by atoms with Gasteiger partial charge in [0.1, 0.15) is 0 Å². The fraction of sp³-hybridized carbons (Fsp3) is 0.750. The highest BCUT2D eigenvalue weighted by molar-refractivity contribution is 7.57. The van der Waals surface area contributed by atoms with E-state index in [1.165, 1.54) is 9.80 Å². The predicted octanol–water partition coefficient (Wildman–Crippen LogP) is -1.04. The normalized spacial score (nSPS) is 21.9. The predicted molar refractivity (Wildman–Crippen MR) is 58.0 cm³/mol. The van der Waals surface area contributed by atoms with Gasteiger partial charge in [-0.25, -0.2) is 0 Å². The zero-order valence-corrected chi connectivity index (χ0v) is 10.0. The Morgan fingerprint density at radius 1 is 1.00 bits per heavy atom. The molecule has 3 N–H and O–H groups in total. The van der Waals surface area contributed by atoms with Crippen molar-refractivity contribution in [3.8, 4) is 0 Å². The molecule has 1 aliphatic rings. The van der Waals surface area contributed by atoms with Crippen LogP contribution in [-0.4, -0.2) is 75.6 Å². The van der Waals surface area contributed by atoms with Gasteiger partial charge in [-0.05, 0) is 0 Å². The Bertz CT molecular complexity index is 330. The second kappa shape index (κ2) is 5.59. The van der Waals surface area contributed by atoms with Gasteiger partial charge in [-0.15, -0.1) is 0 Å². The molecule has 17 heavy (non-hydrogen) atoms. The summed E-state index contributed by atoms with van der Waals surface area (Å²) in [6.45, 7) is -0.0921. The topological polar surface area (TPSA) is 118 Å². The molecule has 1 heterocycles. The third kappa shape index (κ3) is 5.27. The molecule has 0 amide bonds. The maximum Gasteiger partial charge on any atom is 0.317 e. The third-order valence-corrected chi connectivity index (χ3v) is 3.98. The molecule has 0 aromatic heterocycles. The summed E-state index contributed by atoms with van der Waals surface area (Å²) in [5.74, 6) is -2.15. The molecule has 9 heteroatoms. The summed E-state index contributed by atoms with van der Waals surface area (Å²) >= 11 is 0. The van der Waals surface area contributed by atoms with Gasteiger partial charge in [-0.2, -0.15) is 0 Å². The first kappa shape index (κ1) is 14.1. The number of aliphatic carboxylic acids is 2. The number of carbonyl (C=O) groups is 2. The largest absolute Gasteiger partial charge is 0.480 e. The number of nitrogens with zero attached hydrogens (tertiary/aromatic N) is 2. The standard InChI is InChI=1S/C8H15N2O6P/c11-7(12)3-9-1-2-10(4-8(13)14)6-17(15,16)5-9/h1-6H2,(H,11,12)(H,13,14)(H,15,16). The summed E-state index contributed by atoms with van der Waals surface area (Å²) in [4.78, 5) is 33.4. The Morgan fingerprint density at radius 3 is 1.65 bits per heavy atom. The van der Waals surface area contributed by atoms with E-state index in [-0.39, 0.29) is 38.8 Å². The summed E-state index contributed by atoms with van der Waals surface area (Å²) < 4.78 is 11.7. The van der Waals surface area contributed by atoms with Crippen molar-refractivity contribution in [3.05, 3.63) is 0 Å². The van der Waals surface area contributed by atoms with Gasteiger partial charge in [0.25, 0.3) is 0 Å². The van der Waals surface area contributed by atoms with Gasteiger partial charge in [0.2, 0.25) is 7.37 Å². The van der Waals surface area contributed by atoms with Crippen molar-refractivity contribution >= 4 is 19.3 Å². The molecule has 0 bridgehead atoms. The van der Waals surface area contributed by atoms with Crippen molar-refractivity contribution in [2.45, 2.75) is 0 Å². The van der Waals surface area contributed by atoms with E-state index in [0.717, 1.165) is 0 Å². The molecule has 0 atom stereocenters. The molecule has 8 nitrogen and oxygen atoms in total. The molecule has 0 spiro atoms. The van der Waals surface area contributed by atoms with Gasteiger partial charge in [0, 0.05) is 13.1 Å². The summed E-state index contributed by atoms with van der Waals surface area (Å²) in [5, 5.41) is 17.2. The monoisotopic (exact) mass is 266 g/mol. The Hall–Kier alpha value is -0.950. The van der Waals surface area contributed by atoms with E-state index in [1.54, 1.807) is 0 Å². The van der Waals surface area contributed by atoms with Crippen LogP contribution in [0.25, 0.3) is 0 Å². The second-order valence-electron chi connectivity index (χ2n) is 4.02. The van der Waals surface area contributed by atoms with E-state index in [0.29, 0.717) is 0 Å². The van der Waals surface area contributed by atoms with Crippen molar-refractivity contribution in [3.63, 3.8) is 0 Å². The van der Waals surface area contributed by atoms with Gasteiger partial charge in [0.15, 0.2) is 0 Å². The number of hydrogen-bond acceptors (Lipinski definition) is 5. The van der Waals surface area contributed by atoms with Gasteiger partial charge in [0.05, 0.1) is 25.7 Å². The minimum absolute atomic E-state index is 0.213. The highest BCUT2D eigenvalue weighted by Gasteiger charge is 2.31. The Balaban J connectivity index is 2.67. The Kier molecular flexibility index (Phi) is 4.64. The zero-order chi connectivity index (χ0) is 13.1. The minimum atomic E-state index is -3.53. The van der Waals surface area contributed by atoms with E-state index in [4.69, 9.17) is 10.2 Å². The average Bonchev–Trinajstić information content (AvgIpc) is 2.21. The molecule has 1 fully saturated rings. The van der Waals surface area contributed by atoms with Crippen LogP contribution in [0.3, 0.4) is 0 Å². The van der Waals surface area contributed by atoms with Crippen molar-refractivity contribution in [1.82, 2.24) is 9.80 Å². The van der Waals surface area contributed by atoms with Crippen LogP contribution in [-0.2, 0) is 14.2 Å². The first-order valence-electron chi connectivity index (χ1n) is 4.97. The lowest BCUT2D eigenvalue weighted by Crippen LogP contribution is -2.35. The van der Waals surface area contributed by atoms with Crippen molar-refractivity contribution in [2.24, 2.45) is 0 Å². The summed E-state index contributed by atoms with van der Waals surface area (Å²) in [7, 11) is -3.53. The number of rotatable bonds is 4. The molecule has 1 rings (SSSR count). The van der Waals surface area contributed by atoms with Crippen LogP contribution in [0.15, 0.2) is 0 Å². The lowest BCUT2D eigenvalue weighted by Gasteiger charge is -2.18. The van der Waals surface area contributed by atoms with Crippen LogP contribution in [0.1, 0.15) is 0 Å². The third-order valence-electron chi connectivity index (χ3n) is 2.29. The Morgan fingerprint density at radius 2 is 1.35 bits per heavy atom. The van der Waals surface area contributed by atoms with E-state index in [2.05, 4.69) is 0 Å². The molecule has 0 aromatic carbocycles. The molecule has 1 saturated heterocycles. The smallest absolute Gasteiger partial charge is 0.317 e. The molecule has 0 saturated carbocycles. The van der Waals surface area contributed by atoms with Crippen LogP contribution < -0.4 is 0 Å². The lowest BCUT2D eigenvalue weighted by atomic mass is 10.4.